The summed E-state index contributed by atoms with van der Waals surface area (Å²) < 4.78 is 5.12. The smallest absolute Gasteiger partial charge is 0.190 e. The van der Waals surface area contributed by atoms with E-state index < -0.39 is 4.84 Å². The van der Waals surface area contributed by atoms with Crippen molar-refractivity contribution >= 4 is 40.4 Å². The van der Waals surface area contributed by atoms with Crippen LogP contribution in [0.25, 0.3) is 5.70 Å². The van der Waals surface area contributed by atoms with Gasteiger partial charge in [-0.15, -0.1) is 0 Å². The fourth-order valence-corrected chi connectivity index (χ4v) is 1.97. The molecule has 22 heavy (non-hydrogen) atoms. The second kappa shape index (κ2) is 7.87. The van der Waals surface area contributed by atoms with E-state index in [0.29, 0.717) is 5.70 Å². The van der Waals surface area contributed by atoms with Crippen molar-refractivity contribution in [1.82, 2.24) is 0 Å². The van der Waals surface area contributed by atoms with Crippen LogP contribution in [0, 0.1) is 0 Å². The maximum Gasteiger partial charge on any atom is 0.190 e. The van der Waals surface area contributed by atoms with Crippen LogP contribution in [0.1, 0.15) is 5.56 Å². The number of allylic oxidation sites excluding steroid dienone is 1. The SMILES string of the molecule is COc1ccc(N/C(=C/C(=O)C(Cl)Cl)c2ccccc2)cc1. The highest BCUT2D eigenvalue weighted by Gasteiger charge is 2.11. The van der Waals surface area contributed by atoms with Gasteiger partial charge in [0.05, 0.1) is 7.11 Å². The van der Waals surface area contributed by atoms with Crippen molar-refractivity contribution in [3.05, 3.63) is 66.2 Å². The fraction of sp³-hybridized carbons (Fsp3) is 0.118. The molecule has 0 atom stereocenters. The van der Waals surface area contributed by atoms with Crippen LogP contribution in [0.3, 0.4) is 0 Å². The molecule has 2 rings (SSSR count). The summed E-state index contributed by atoms with van der Waals surface area (Å²) in [4.78, 5) is 10.7. The van der Waals surface area contributed by atoms with Gasteiger partial charge in [0.25, 0.3) is 0 Å². The van der Waals surface area contributed by atoms with Crippen LogP contribution >= 0.6 is 23.2 Å². The number of ether oxygens (including phenoxy) is 1. The largest absolute Gasteiger partial charge is 0.497 e. The minimum atomic E-state index is -1.09. The second-order valence-electron chi connectivity index (χ2n) is 4.48. The molecule has 0 saturated carbocycles. The van der Waals surface area contributed by atoms with E-state index in [4.69, 9.17) is 27.9 Å². The van der Waals surface area contributed by atoms with Crippen LogP contribution in [0.4, 0.5) is 5.69 Å². The first-order valence-corrected chi connectivity index (χ1v) is 7.47. The molecule has 0 spiro atoms. The van der Waals surface area contributed by atoms with Gasteiger partial charge in [0, 0.05) is 17.5 Å². The zero-order valence-electron chi connectivity index (χ0n) is 11.9. The molecule has 5 heteroatoms. The number of alkyl halides is 2. The fourth-order valence-electron chi connectivity index (χ4n) is 1.84. The highest BCUT2D eigenvalue weighted by molar-refractivity contribution is 6.55. The summed E-state index contributed by atoms with van der Waals surface area (Å²) in [7, 11) is 1.61. The summed E-state index contributed by atoms with van der Waals surface area (Å²) in [6, 6.07) is 16.9. The van der Waals surface area contributed by atoms with Gasteiger partial charge in [-0.3, -0.25) is 4.79 Å². The molecule has 0 bridgehead atoms. The molecular weight excluding hydrogens is 321 g/mol. The van der Waals surface area contributed by atoms with Crippen molar-refractivity contribution in [2.24, 2.45) is 0 Å². The molecule has 2 aromatic carbocycles. The topological polar surface area (TPSA) is 38.3 Å². The van der Waals surface area contributed by atoms with Crippen molar-refractivity contribution in [1.29, 1.82) is 0 Å². The van der Waals surface area contributed by atoms with E-state index in [1.165, 1.54) is 6.08 Å². The van der Waals surface area contributed by atoms with E-state index >= 15 is 0 Å². The zero-order valence-corrected chi connectivity index (χ0v) is 13.4. The third kappa shape index (κ3) is 4.52. The monoisotopic (exact) mass is 335 g/mol. The molecule has 0 aromatic heterocycles. The number of carbonyl (C=O) groups excluding carboxylic acids is 1. The Morgan fingerprint density at radius 3 is 2.27 bits per heavy atom. The summed E-state index contributed by atoms with van der Waals surface area (Å²) in [5.74, 6) is 0.386. The minimum absolute atomic E-state index is 0.372. The van der Waals surface area contributed by atoms with Crippen molar-refractivity contribution in [3.8, 4) is 5.75 Å². The maximum atomic E-state index is 11.8. The first-order chi connectivity index (χ1) is 10.6. The van der Waals surface area contributed by atoms with Crippen molar-refractivity contribution in [2.75, 3.05) is 12.4 Å². The molecule has 2 aromatic rings. The maximum absolute atomic E-state index is 11.8. The lowest BCUT2D eigenvalue weighted by Gasteiger charge is -2.12. The third-order valence-corrected chi connectivity index (χ3v) is 3.39. The predicted molar refractivity (Wildman–Crippen MR) is 91.5 cm³/mol. The molecule has 0 aliphatic rings. The molecule has 0 heterocycles. The standard InChI is InChI=1S/C17H15Cl2NO2/c1-22-14-9-7-13(8-10-14)20-15(11-16(21)17(18)19)12-5-3-2-4-6-12/h2-11,17,20H,1H3/b15-11+. The van der Waals surface area contributed by atoms with E-state index in [9.17, 15) is 4.79 Å². The average molecular weight is 336 g/mol. The van der Waals surface area contributed by atoms with Gasteiger partial charge < -0.3 is 10.1 Å². The number of rotatable bonds is 6. The quantitative estimate of drug-likeness (QED) is 0.623. The zero-order chi connectivity index (χ0) is 15.9. The summed E-state index contributed by atoms with van der Waals surface area (Å²) in [5.41, 5.74) is 2.31. The molecule has 0 amide bonds. The molecule has 0 saturated heterocycles. The van der Waals surface area contributed by atoms with Crippen LogP contribution in [0.2, 0.25) is 0 Å². The molecule has 1 N–H and O–H groups in total. The van der Waals surface area contributed by atoms with Gasteiger partial charge in [0.15, 0.2) is 10.6 Å². The van der Waals surface area contributed by atoms with Crippen LogP contribution < -0.4 is 10.1 Å². The summed E-state index contributed by atoms with van der Waals surface area (Å²) in [6.45, 7) is 0. The normalized spacial score (nSPS) is 11.4. The second-order valence-corrected chi connectivity index (χ2v) is 5.58. The summed E-state index contributed by atoms with van der Waals surface area (Å²) in [5, 5.41) is 3.20. The number of carbonyl (C=O) groups is 1. The Morgan fingerprint density at radius 1 is 1.09 bits per heavy atom. The van der Waals surface area contributed by atoms with Crippen LogP contribution in [-0.2, 0) is 4.79 Å². The first-order valence-electron chi connectivity index (χ1n) is 6.60. The van der Waals surface area contributed by atoms with Gasteiger partial charge in [-0.2, -0.15) is 0 Å². The molecule has 0 unspecified atom stereocenters. The minimum Gasteiger partial charge on any atom is -0.497 e. The Morgan fingerprint density at radius 2 is 1.73 bits per heavy atom. The van der Waals surface area contributed by atoms with E-state index in [0.717, 1.165) is 17.0 Å². The number of halogens is 2. The van der Waals surface area contributed by atoms with E-state index in [2.05, 4.69) is 5.32 Å². The molecule has 0 fully saturated rings. The number of methoxy groups -OCH3 is 1. The van der Waals surface area contributed by atoms with Crippen LogP contribution in [0.5, 0.6) is 5.75 Å². The number of benzene rings is 2. The van der Waals surface area contributed by atoms with Gasteiger partial charge in [-0.05, 0) is 29.8 Å². The van der Waals surface area contributed by atoms with Crippen LogP contribution in [0.15, 0.2) is 60.7 Å². The van der Waals surface area contributed by atoms with E-state index in [1.54, 1.807) is 7.11 Å². The summed E-state index contributed by atoms with van der Waals surface area (Å²) >= 11 is 11.3. The Kier molecular flexibility index (Phi) is 5.87. The summed E-state index contributed by atoms with van der Waals surface area (Å²) in [6.07, 6.45) is 1.41. The predicted octanol–water partition coefficient (Wildman–Crippen LogP) is 4.52. The molecule has 0 radical (unpaired) electrons. The van der Waals surface area contributed by atoms with Crippen molar-refractivity contribution < 1.29 is 9.53 Å². The number of hydrogen-bond donors (Lipinski definition) is 1. The average Bonchev–Trinajstić information content (AvgIpc) is 2.55. The van der Waals surface area contributed by atoms with Gasteiger partial charge in [0.2, 0.25) is 0 Å². The van der Waals surface area contributed by atoms with Gasteiger partial charge in [-0.25, -0.2) is 0 Å². The van der Waals surface area contributed by atoms with Gasteiger partial charge >= 0.3 is 0 Å². The molecule has 0 aliphatic carbocycles. The van der Waals surface area contributed by atoms with Crippen LogP contribution in [-0.4, -0.2) is 17.7 Å². The Balaban J connectivity index is 2.30. The lowest BCUT2D eigenvalue weighted by Crippen LogP contribution is -2.08. The number of ketones is 1. The Hall–Kier alpha value is -1.97. The lowest BCUT2D eigenvalue weighted by molar-refractivity contribution is -0.113. The Labute approximate surface area is 139 Å². The van der Waals surface area contributed by atoms with E-state index in [1.807, 2.05) is 54.6 Å². The third-order valence-electron chi connectivity index (χ3n) is 2.96. The first kappa shape index (κ1) is 16.4. The van der Waals surface area contributed by atoms with E-state index in [-0.39, 0.29) is 5.78 Å². The molecule has 114 valence electrons. The van der Waals surface area contributed by atoms with Gasteiger partial charge in [0.1, 0.15) is 5.75 Å². The molecule has 3 nitrogen and oxygen atoms in total. The molecule has 0 aliphatic heterocycles. The Bertz CT molecular complexity index is 652. The van der Waals surface area contributed by atoms with Crippen molar-refractivity contribution in [2.45, 2.75) is 4.84 Å². The number of nitrogens with one attached hydrogen (secondary N) is 1. The van der Waals surface area contributed by atoms with Gasteiger partial charge in [-0.1, -0.05) is 53.5 Å². The van der Waals surface area contributed by atoms with Crippen molar-refractivity contribution in [3.63, 3.8) is 0 Å². The number of anilines is 1. The highest BCUT2D eigenvalue weighted by Crippen LogP contribution is 2.22. The molecular formula is C17H15Cl2NO2. The number of hydrogen-bond acceptors (Lipinski definition) is 3. The highest BCUT2D eigenvalue weighted by atomic mass is 35.5. The lowest BCUT2D eigenvalue weighted by atomic mass is 10.1.